The minimum absolute atomic E-state index is 0.0758. The summed E-state index contributed by atoms with van der Waals surface area (Å²) in [5.74, 6) is 2.82. The first-order valence-electron chi connectivity index (χ1n) is 8.52. The number of urea groups is 1. The monoisotopic (exact) mass is 403 g/mol. The van der Waals surface area contributed by atoms with E-state index < -0.39 is 6.03 Å². The highest BCUT2D eigenvalue weighted by Gasteiger charge is 2.16. The minimum Gasteiger partial charge on any atom is -0.484 e. The van der Waals surface area contributed by atoms with Crippen molar-refractivity contribution in [3.63, 3.8) is 0 Å². The van der Waals surface area contributed by atoms with Gasteiger partial charge in [0.2, 0.25) is 0 Å². The summed E-state index contributed by atoms with van der Waals surface area (Å²) in [6.07, 6.45) is 1.27. The Labute approximate surface area is 166 Å². The lowest BCUT2D eigenvalue weighted by molar-refractivity contribution is -0.118. The summed E-state index contributed by atoms with van der Waals surface area (Å²) in [6, 6.07) is 14.0. The van der Waals surface area contributed by atoms with E-state index in [0.29, 0.717) is 21.7 Å². The van der Waals surface area contributed by atoms with Crippen LogP contribution in [0.1, 0.15) is 16.6 Å². The van der Waals surface area contributed by atoms with Gasteiger partial charge in [0.1, 0.15) is 5.75 Å². The molecule has 1 saturated heterocycles. The zero-order valence-corrected chi connectivity index (χ0v) is 16.3. The van der Waals surface area contributed by atoms with E-state index in [9.17, 15) is 9.59 Å². The van der Waals surface area contributed by atoms with E-state index in [0.717, 1.165) is 0 Å². The number of anilines is 2. The maximum Gasteiger partial charge on any atom is 0.316 e. The van der Waals surface area contributed by atoms with E-state index in [2.05, 4.69) is 22.8 Å². The van der Waals surface area contributed by atoms with Crippen molar-refractivity contribution in [2.24, 2.45) is 5.73 Å². The number of nitrogens with one attached hydrogen (secondary N) is 2. The number of thioether (sulfide) groups is 2. The molecule has 3 rings (SSSR count). The highest BCUT2D eigenvalue weighted by molar-refractivity contribution is 8.16. The normalized spacial score (nSPS) is 14.4. The maximum absolute atomic E-state index is 12.0. The summed E-state index contributed by atoms with van der Waals surface area (Å²) in [5, 5.41) is 5.20. The number of benzene rings is 2. The number of ether oxygens (including phenoxy) is 1. The summed E-state index contributed by atoms with van der Waals surface area (Å²) in [6.45, 7) is -0.0758. The molecule has 0 aliphatic carbocycles. The van der Waals surface area contributed by atoms with Crippen molar-refractivity contribution in [1.82, 2.24) is 0 Å². The molecule has 0 spiro atoms. The highest BCUT2D eigenvalue weighted by atomic mass is 32.2. The first-order valence-corrected chi connectivity index (χ1v) is 10.6. The number of carbonyl (C=O) groups excluding carboxylic acids is 2. The van der Waals surface area contributed by atoms with Crippen molar-refractivity contribution in [2.45, 2.75) is 11.0 Å². The maximum atomic E-state index is 12.0. The van der Waals surface area contributed by atoms with Crippen LogP contribution in [0.15, 0.2) is 48.5 Å². The van der Waals surface area contributed by atoms with Gasteiger partial charge in [0, 0.05) is 11.4 Å². The molecule has 142 valence electrons. The van der Waals surface area contributed by atoms with E-state index in [1.807, 2.05) is 35.7 Å². The van der Waals surface area contributed by atoms with E-state index in [1.54, 1.807) is 24.3 Å². The topological polar surface area (TPSA) is 93.5 Å². The lowest BCUT2D eigenvalue weighted by Crippen LogP contribution is -2.20. The number of hydrogen-bond acceptors (Lipinski definition) is 5. The number of amides is 3. The highest BCUT2D eigenvalue weighted by Crippen LogP contribution is 2.43. The minimum atomic E-state index is -0.633. The van der Waals surface area contributed by atoms with Gasteiger partial charge in [-0.3, -0.25) is 4.79 Å². The molecule has 0 bridgehead atoms. The summed E-state index contributed by atoms with van der Waals surface area (Å²) in [5.41, 5.74) is 7.51. The third-order valence-corrected chi connectivity index (χ3v) is 6.80. The zero-order chi connectivity index (χ0) is 19.1. The number of nitrogens with two attached hydrogens (primary N) is 1. The molecule has 2 aromatic rings. The van der Waals surface area contributed by atoms with Gasteiger partial charge >= 0.3 is 6.03 Å². The molecule has 2 aromatic carbocycles. The lowest BCUT2D eigenvalue weighted by atomic mass is 10.2. The van der Waals surface area contributed by atoms with Crippen molar-refractivity contribution in [2.75, 3.05) is 28.7 Å². The van der Waals surface area contributed by atoms with Gasteiger partial charge in [0.25, 0.3) is 5.91 Å². The van der Waals surface area contributed by atoms with E-state index in [4.69, 9.17) is 10.5 Å². The van der Waals surface area contributed by atoms with E-state index >= 15 is 0 Å². The van der Waals surface area contributed by atoms with Crippen molar-refractivity contribution in [3.05, 3.63) is 54.1 Å². The van der Waals surface area contributed by atoms with Crippen LogP contribution in [0, 0.1) is 0 Å². The van der Waals surface area contributed by atoms with Gasteiger partial charge in [-0.15, -0.1) is 23.5 Å². The second-order valence-corrected chi connectivity index (χ2v) is 8.62. The Hall–Kier alpha value is -2.32. The molecular formula is C19H21N3O3S2. The van der Waals surface area contributed by atoms with Crippen LogP contribution in [-0.4, -0.2) is 30.1 Å². The number of hydrogen-bond donors (Lipinski definition) is 3. The zero-order valence-electron chi connectivity index (χ0n) is 14.6. The molecule has 6 nitrogen and oxygen atoms in total. The van der Waals surface area contributed by atoms with Crippen LogP contribution in [-0.2, 0) is 4.79 Å². The quantitative estimate of drug-likeness (QED) is 0.676. The molecule has 0 saturated carbocycles. The third-order valence-electron chi connectivity index (χ3n) is 3.79. The number of carbonyl (C=O) groups is 2. The van der Waals surface area contributed by atoms with Crippen LogP contribution in [0.25, 0.3) is 0 Å². The lowest BCUT2D eigenvalue weighted by Gasteiger charge is -2.21. The van der Waals surface area contributed by atoms with Gasteiger partial charge in [0.05, 0.1) is 4.58 Å². The van der Waals surface area contributed by atoms with Crippen molar-refractivity contribution >= 4 is 46.8 Å². The van der Waals surface area contributed by atoms with Crippen LogP contribution >= 0.6 is 23.5 Å². The largest absolute Gasteiger partial charge is 0.484 e. The Morgan fingerprint density at radius 2 is 1.56 bits per heavy atom. The molecule has 1 aliphatic heterocycles. The van der Waals surface area contributed by atoms with Gasteiger partial charge in [0.15, 0.2) is 6.61 Å². The smallest absolute Gasteiger partial charge is 0.316 e. The number of primary amides is 1. The van der Waals surface area contributed by atoms with Gasteiger partial charge < -0.3 is 21.1 Å². The molecule has 27 heavy (non-hydrogen) atoms. The van der Waals surface area contributed by atoms with Crippen LogP contribution in [0.3, 0.4) is 0 Å². The Balaban J connectivity index is 1.46. The second kappa shape index (κ2) is 9.57. The molecule has 0 aromatic heterocycles. The summed E-state index contributed by atoms with van der Waals surface area (Å²) in [7, 11) is 0. The predicted octanol–water partition coefficient (Wildman–Crippen LogP) is 4.06. The van der Waals surface area contributed by atoms with Gasteiger partial charge in [-0.2, -0.15) is 0 Å². The molecule has 0 radical (unpaired) electrons. The summed E-state index contributed by atoms with van der Waals surface area (Å²) >= 11 is 3.95. The molecule has 0 unspecified atom stereocenters. The molecular weight excluding hydrogens is 382 g/mol. The Kier molecular flexibility index (Phi) is 6.89. The molecule has 0 atom stereocenters. The second-order valence-electron chi connectivity index (χ2n) is 5.90. The van der Waals surface area contributed by atoms with Crippen molar-refractivity contribution in [3.8, 4) is 5.75 Å². The van der Waals surface area contributed by atoms with E-state index in [1.165, 1.54) is 23.5 Å². The molecule has 1 fully saturated rings. The van der Waals surface area contributed by atoms with Gasteiger partial charge in [-0.1, -0.05) is 12.1 Å². The average Bonchev–Trinajstić information content (AvgIpc) is 2.69. The predicted molar refractivity (Wildman–Crippen MR) is 112 cm³/mol. The SMILES string of the molecule is NC(=O)Nc1ccc(NC(=O)COc2ccc(C3SCCCS3)cc2)cc1. The average molecular weight is 404 g/mol. The Morgan fingerprint density at radius 3 is 2.15 bits per heavy atom. The van der Waals surface area contributed by atoms with Crippen LogP contribution < -0.4 is 21.1 Å². The molecule has 1 heterocycles. The van der Waals surface area contributed by atoms with Crippen LogP contribution in [0.4, 0.5) is 16.2 Å². The fraction of sp³-hybridized carbons (Fsp3) is 0.263. The van der Waals surface area contributed by atoms with Gasteiger partial charge in [-0.25, -0.2) is 4.79 Å². The molecule has 1 aliphatic rings. The molecule has 3 amide bonds. The standard InChI is InChI=1S/C19H21N3O3S2/c20-19(24)22-15-6-4-14(5-7-15)21-17(23)12-25-16-8-2-13(3-9-16)18-26-10-1-11-27-18/h2-9,18H,1,10-12H2,(H,21,23)(H3,20,22,24). The van der Waals surface area contributed by atoms with E-state index in [-0.39, 0.29) is 12.5 Å². The molecule has 4 N–H and O–H groups in total. The third kappa shape index (κ3) is 6.11. The van der Waals surface area contributed by atoms with Crippen molar-refractivity contribution < 1.29 is 14.3 Å². The summed E-state index contributed by atoms with van der Waals surface area (Å²) in [4.78, 5) is 22.8. The van der Waals surface area contributed by atoms with Crippen LogP contribution in [0.2, 0.25) is 0 Å². The Bertz CT molecular complexity index is 776. The summed E-state index contributed by atoms with van der Waals surface area (Å²) < 4.78 is 6.05. The van der Waals surface area contributed by atoms with Crippen molar-refractivity contribution in [1.29, 1.82) is 0 Å². The first-order chi connectivity index (χ1) is 13.1. The molecule has 8 heteroatoms. The van der Waals surface area contributed by atoms with Crippen LogP contribution in [0.5, 0.6) is 5.75 Å². The first kappa shape index (κ1) is 19.4. The fourth-order valence-corrected chi connectivity index (χ4v) is 5.42. The Morgan fingerprint density at radius 1 is 0.963 bits per heavy atom. The van der Waals surface area contributed by atoms with Gasteiger partial charge in [-0.05, 0) is 59.9 Å². The fourth-order valence-electron chi connectivity index (χ4n) is 2.53. The number of rotatable bonds is 6.